The third-order valence-electron chi connectivity index (χ3n) is 3.40. The summed E-state index contributed by atoms with van der Waals surface area (Å²) in [5.74, 6) is -1.99. The molecule has 13 nitrogen and oxygen atoms in total. The van der Waals surface area contributed by atoms with Crippen LogP contribution in [0.5, 0.6) is 0 Å². The maximum absolute atomic E-state index is 12.3. The molecule has 0 aliphatic heterocycles. The molecule has 1 atom stereocenters. The first-order chi connectivity index (χ1) is 13.5. The first kappa shape index (κ1) is 23.8. The van der Waals surface area contributed by atoms with Gasteiger partial charge in [-0.05, 0) is 26.0 Å². The monoisotopic (exact) mass is 431 g/mol. The van der Waals surface area contributed by atoms with Gasteiger partial charge >= 0.3 is 12.0 Å². The van der Waals surface area contributed by atoms with E-state index in [-0.39, 0.29) is 12.2 Å². The van der Waals surface area contributed by atoms with Gasteiger partial charge in [-0.25, -0.2) is 13.2 Å². The quantitative estimate of drug-likeness (QED) is 0.231. The van der Waals surface area contributed by atoms with E-state index in [2.05, 4.69) is 10.6 Å². The van der Waals surface area contributed by atoms with Gasteiger partial charge in [-0.3, -0.25) is 25.0 Å². The van der Waals surface area contributed by atoms with Crippen molar-refractivity contribution in [3.05, 3.63) is 28.3 Å². The number of rotatable bonds is 9. The number of amides is 3. The molecule has 4 N–H and O–H groups in total. The van der Waals surface area contributed by atoms with Gasteiger partial charge in [0.05, 0.1) is 9.82 Å². The highest BCUT2D eigenvalue weighted by atomic mass is 32.2. The third kappa shape index (κ3) is 7.00. The number of esters is 1. The minimum absolute atomic E-state index is 0.111. The Morgan fingerprint density at radius 3 is 2.48 bits per heavy atom. The van der Waals surface area contributed by atoms with Crippen LogP contribution in [0.2, 0.25) is 0 Å². The number of urea groups is 1. The van der Waals surface area contributed by atoms with Gasteiger partial charge in [0.15, 0.2) is 6.10 Å². The molecular weight excluding hydrogens is 410 g/mol. The SMILES string of the molecule is CCNC(=O)NC(=O)[C@@H](C)OC(=O)CNS(=O)(=O)c1ccc(NC)c([N+](=O)[O-])c1. The van der Waals surface area contributed by atoms with Crippen molar-refractivity contribution in [1.82, 2.24) is 15.4 Å². The second-order valence-electron chi connectivity index (χ2n) is 5.49. The van der Waals surface area contributed by atoms with E-state index >= 15 is 0 Å². The number of hydrogen-bond donors (Lipinski definition) is 4. The number of ether oxygens (including phenoxy) is 1. The van der Waals surface area contributed by atoms with E-state index in [9.17, 15) is 32.9 Å². The molecule has 0 unspecified atom stereocenters. The molecule has 1 rings (SSSR count). The molecule has 1 aromatic rings. The van der Waals surface area contributed by atoms with Gasteiger partial charge < -0.3 is 15.4 Å². The lowest BCUT2D eigenvalue weighted by atomic mass is 10.3. The van der Waals surface area contributed by atoms with Crippen LogP contribution in [-0.2, 0) is 24.3 Å². The number of hydrogen-bond acceptors (Lipinski definition) is 9. The fraction of sp³-hybridized carbons (Fsp3) is 0.400. The zero-order valence-corrected chi connectivity index (χ0v) is 16.7. The molecular formula is C15H21N5O8S. The molecule has 1 aromatic carbocycles. The zero-order chi connectivity index (χ0) is 22.2. The van der Waals surface area contributed by atoms with E-state index in [1.165, 1.54) is 20.0 Å². The third-order valence-corrected chi connectivity index (χ3v) is 4.80. The minimum atomic E-state index is -4.27. The molecule has 29 heavy (non-hydrogen) atoms. The van der Waals surface area contributed by atoms with Crippen molar-refractivity contribution in [1.29, 1.82) is 0 Å². The molecule has 0 spiro atoms. The summed E-state index contributed by atoms with van der Waals surface area (Å²) in [5, 5.41) is 17.9. The first-order valence-electron chi connectivity index (χ1n) is 8.25. The maximum Gasteiger partial charge on any atom is 0.321 e. The number of nitrogens with one attached hydrogen (secondary N) is 4. The molecule has 0 fully saturated rings. The Labute approximate surface area is 166 Å². The van der Waals surface area contributed by atoms with Crippen molar-refractivity contribution in [2.24, 2.45) is 0 Å². The molecule has 0 saturated heterocycles. The minimum Gasteiger partial charge on any atom is -0.452 e. The van der Waals surface area contributed by atoms with Crippen molar-refractivity contribution in [2.75, 3.05) is 25.5 Å². The van der Waals surface area contributed by atoms with Gasteiger partial charge in [0.25, 0.3) is 11.6 Å². The van der Waals surface area contributed by atoms with Gasteiger partial charge in [0, 0.05) is 19.7 Å². The van der Waals surface area contributed by atoms with Crippen molar-refractivity contribution in [3.8, 4) is 0 Å². The topological polar surface area (TPSA) is 186 Å². The second-order valence-corrected chi connectivity index (χ2v) is 7.26. The summed E-state index contributed by atoms with van der Waals surface area (Å²) in [5.41, 5.74) is -0.353. The van der Waals surface area contributed by atoms with Gasteiger partial charge in [0.1, 0.15) is 12.2 Å². The van der Waals surface area contributed by atoms with E-state index < -0.39 is 56.1 Å². The summed E-state index contributed by atoms with van der Waals surface area (Å²) in [6.07, 6.45) is -1.36. The Morgan fingerprint density at radius 2 is 1.93 bits per heavy atom. The van der Waals surface area contributed by atoms with Crippen molar-refractivity contribution >= 4 is 39.3 Å². The Hall–Kier alpha value is -3.26. The predicted octanol–water partition coefficient (Wildman–Crippen LogP) is -0.308. The highest BCUT2D eigenvalue weighted by Gasteiger charge is 2.24. The first-order valence-corrected chi connectivity index (χ1v) is 9.74. The number of sulfonamides is 1. The predicted molar refractivity (Wildman–Crippen MR) is 101 cm³/mol. The smallest absolute Gasteiger partial charge is 0.321 e. The van der Waals surface area contributed by atoms with E-state index in [4.69, 9.17) is 4.74 Å². The van der Waals surface area contributed by atoms with Gasteiger partial charge in [0.2, 0.25) is 10.0 Å². The Bertz CT molecular complexity index is 902. The molecule has 160 valence electrons. The second kappa shape index (κ2) is 10.3. The van der Waals surface area contributed by atoms with Gasteiger partial charge in [-0.2, -0.15) is 4.72 Å². The summed E-state index contributed by atoms with van der Waals surface area (Å²) in [7, 11) is -2.83. The van der Waals surface area contributed by atoms with Crippen LogP contribution in [0.15, 0.2) is 23.1 Å². The largest absolute Gasteiger partial charge is 0.452 e. The number of imide groups is 1. The summed E-state index contributed by atoms with van der Waals surface area (Å²) < 4.78 is 31.2. The molecule has 0 radical (unpaired) electrons. The fourth-order valence-corrected chi connectivity index (χ4v) is 2.98. The summed E-state index contributed by atoms with van der Waals surface area (Å²) in [6.45, 7) is 2.28. The van der Waals surface area contributed by atoms with Crippen molar-refractivity contribution < 1.29 is 32.5 Å². The van der Waals surface area contributed by atoms with Crippen LogP contribution < -0.4 is 20.7 Å². The standard InChI is InChI=1S/C15H21N5O8S/c1-4-17-15(23)19-14(22)9(2)28-13(21)8-18-29(26,27)10-5-6-11(16-3)12(7-10)20(24)25/h5-7,9,16,18H,4,8H2,1-3H3,(H2,17,19,22,23)/t9-/m1/s1. The Balaban J connectivity index is 2.73. The summed E-state index contributed by atoms with van der Waals surface area (Å²) >= 11 is 0. The summed E-state index contributed by atoms with van der Waals surface area (Å²) in [6, 6.07) is 2.39. The number of nitrogens with zero attached hydrogens (tertiary/aromatic N) is 1. The molecule has 0 heterocycles. The lowest BCUT2D eigenvalue weighted by Gasteiger charge is -2.13. The fourth-order valence-electron chi connectivity index (χ4n) is 1.99. The van der Waals surface area contributed by atoms with Crippen LogP contribution in [0, 0.1) is 10.1 Å². The zero-order valence-electron chi connectivity index (χ0n) is 15.8. The van der Waals surface area contributed by atoms with E-state index in [0.717, 1.165) is 12.1 Å². The molecule has 0 aromatic heterocycles. The number of benzene rings is 1. The normalized spacial score (nSPS) is 11.8. The van der Waals surface area contributed by atoms with Crippen LogP contribution in [0.1, 0.15) is 13.8 Å². The Morgan fingerprint density at radius 1 is 1.28 bits per heavy atom. The van der Waals surface area contributed by atoms with Crippen molar-refractivity contribution in [2.45, 2.75) is 24.8 Å². The highest BCUT2D eigenvalue weighted by molar-refractivity contribution is 7.89. The van der Waals surface area contributed by atoms with Crippen molar-refractivity contribution in [3.63, 3.8) is 0 Å². The molecule has 0 saturated carbocycles. The lowest BCUT2D eigenvalue weighted by Crippen LogP contribution is -2.45. The van der Waals surface area contributed by atoms with Gasteiger partial charge in [-0.15, -0.1) is 0 Å². The summed E-state index contributed by atoms with van der Waals surface area (Å²) in [4.78, 5) is 44.6. The van der Waals surface area contributed by atoms with Crippen LogP contribution in [-0.4, -0.2) is 57.5 Å². The number of carbonyl (C=O) groups is 3. The average molecular weight is 431 g/mol. The number of anilines is 1. The highest BCUT2D eigenvalue weighted by Crippen LogP contribution is 2.26. The maximum atomic E-state index is 12.3. The molecule has 0 aliphatic carbocycles. The average Bonchev–Trinajstić information content (AvgIpc) is 2.65. The molecule has 0 aliphatic rings. The number of carbonyl (C=O) groups excluding carboxylic acids is 3. The molecule has 0 bridgehead atoms. The van der Waals surface area contributed by atoms with Crippen LogP contribution in [0.25, 0.3) is 0 Å². The Kier molecular flexibility index (Phi) is 8.47. The lowest BCUT2D eigenvalue weighted by molar-refractivity contribution is -0.384. The van der Waals surface area contributed by atoms with Crippen LogP contribution in [0.3, 0.4) is 0 Å². The van der Waals surface area contributed by atoms with E-state index in [0.29, 0.717) is 0 Å². The van der Waals surface area contributed by atoms with E-state index in [1.807, 2.05) is 10.0 Å². The number of nitro benzene ring substituents is 1. The van der Waals surface area contributed by atoms with Crippen LogP contribution >= 0.6 is 0 Å². The molecule has 14 heteroatoms. The van der Waals surface area contributed by atoms with Gasteiger partial charge in [-0.1, -0.05) is 0 Å². The van der Waals surface area contributed by atoms with Crippen LogP contribution in [0.4, 0.5) is 16.2 Å². The number of nitro groups is 1. The van der Waals surface area contributed by atoms with E-state index in [1.54, 1.807) is 6.92 Å². The molecule has 3 amide bonds.